The highest BCUT2D eigenvalue weighted by molar-refractivity contribution is 5.94. The summed E-state index contributed by atoms with van der Waals surface area (Å²) in [6, 6.07) is 7.09. The molecule has 0 fully saturated rings. The van der Waals surface area contributed by atoms with Crippen LogP contribution in [0.5, 0.6) is 0 Å². The fourth-order valence-corrected chi connectivity index (χ4v) is 2.14. The lowest BCUT2D eigenvalue weighted by Gasteiger charge is -2.16. The molecule has 1 aromatic rings. The van der Waals surface area contributed by atoms with E-state index < -0.39 is 0 Å². The molecule has 4 nitrogen and oxygen atoms in total. The minimum atomic E-state index is -0.264. The maximum Gasteiger partial charge on any atom is 0.308 e. The first kappa shape index (κ1) is 18.2. The molecule has 22 heavy (non-hydrogen) atoms. The maximum absolute atomic E-state index is 12.0. The van der Waals surface area contributed by atoms with E-state index in [1.54, 1.807) is 12.1 Å². The van der Waals surface area contributed by atoms with Crippen LogP contribution < -0.4 is 5.32 Å². The van der Waals surface area contributed by atoms with Crippen LogP contribution in [-0.4, -0.2) is 24.0 Å². The molecule has 0 saturated heterocycles. The van der Waals surface area contributed by atoms with Gasteiger partial charge in [0.15, 0.2) is 0 Å². The molecule has 1 N–H and O–H groups in total. The molecule has 0 spiro atoms. The van der Waals surface area contributed by atoms with Crippen molar-refractivity contribution in [2.75, 3.05) is 0 Å². The molecule has 1 aromatic carbocycles. The summed E-state index contributed by atoms with van der Waals surface area (Å²) in [6.07, 6.45) is 3.15. The van der Waals surface area contributed by atoms with Gasteiger partial charge < -0.3 is 10.1 Å². The fraction of sp³-hybridized carbons (Fsp3) is 0.556. The molecular formula is C18H27NO3. The van der Waals surface area contributed by atoms with Crippen molar-refractivity contribution in [3.8, 4) is 0 Å². The summed E-state index contributed by atoms with van der Waals surface area (Å²) in [5, 5.41) is 2.82. The van der Waals surface area contributed by atoms with E-state index in [1.807, 2.05) is 32.9 Å². The molecule has 122 valence electrons. The highest BCUT2D eigenvalue weighted by Gasteiger charge is 2.16. The molecule has 1 rings (SSSR count). The third-order valence-corrected chi connectivity index (χ3v) is 3.46. The minimum Gasteiger partial charge on any atom is -0.463 e. The molecular weight excluding hydrogens is 278 g/mol. The number of ether oxygens (including phenoxy) is 1. The van der Waals surface area contributed by atoms with Crippen LogP contribution >= 0.6 is 0 Å². The van der Waals surface area contributed by atoms with Crippen molar-refractivity contribution in [3.63, 3.8) is 0 Å². The van der Waals surface area contributed by atoms with Gasteiger partial charge in [0.2, 0.25) is 0 Å². The van der Waals surface area contributed by atoms with Crippen molar-refractivity contribution >= 4 is 11.9 Å². The average molecular weight is 305 g/mol. The number of hydrogen-bond donors (Lipinski definition) is 1. The molecule has 0 saturated carbocycles. The number of amides is 1. The number of carbonyl (C=O) groups excluding carboxylic acids is 2. The van der Waals surface area contributed by atoms with E-state index in [2.05, 4.69) is 12.2 Å². The quantitative estimate of drug-likeness (QED) is 0.746. The summed E-state index contributed by atoms with van der Waals surface area (Å²) < 4.78 is 5.34. The second kappa shape index (κ2) is 9.23. The second-order valence-corrected chi connectivity index (χ2v) is 5.89. The van der Waals surface area contributed by atoms with Crippen LogP contribution in [0.3, 0.4) is 0 Å². The van der Waals surface area contributed by atoms with Crippen molar-refractivity contribution < 1.29 is 14.3 Å². The van der Waals surface area contributed by atoms with Gasteiger partial charge in [0.25, 0.3) is 5.91 Å². The molecule has 4 heteroatoms. The zero-order valence-electron chi connectivity index (χ0n) is 14.0. The Morgan fingerprint density at radius 3 is 2.41 bits per heavy atom. The van der Waals surface area contributed by atoms with Gasteiger partial charge in [-0.3, -0.25) is 9.59 Å². The number of esters is 1. The van der Waals surface area contributed by atoms with Gasteiger partial charge in [0.05, 0.1) is 12.5 Å². The minimum absolute atomic E-state index is 0.0625. The van der Waals surface area contributed by atoms with E-state index in [9.17, 15) is 9.59 Å². The van der Waals surface area contributed by atoms with E-state index in [0.29, 0.717) is 5.56 Å². The fourth-order valence-electron chi connectivity index (χ4n) is 2.14. The van der Waals surface area contributed by atoms with Crippen LogP contribution in [0.1, 0.15) is 62.4 Å². The van der Waals surface area contributed by atoms with Crippen LogP contribution in [0.2, 0.25) is 0 Å². The number of aryl methyl sites for hydroxylation is 1. The van der Waals surface area contributed by atoms with Crippen LogP contribution in [0, 0.1) is 6.92 Å². The van der Waals surface area contributed by atoms with Gasteiger partial charge in [0, 0.05) is 11.6 Å². The van der Waals surface area contributed by atoms with Crippen molar-refractivity contribution in [1.29, 1.82) is 0 Å². The predicted octanol–water partition coefficient (Wildman–Crippen LogP) is 3.63. The van der Waals surface area contributed by atoms with E-state index in [4.69, 9.17) is 4.74 Å². The van der Waals surface area contributed by atoms with Gasteiger partial charge >= 0.3 is 5.97 Å². The van der Waals surface area contributed by atoms with Crippen molar-refractivity contribution in [2.24, 2.45) is 0 Å². The summed E-state index contributed by atoms with van der Waals surface area (Å²) in [4.78, 5) is 23.9. The van der Waals surface area contributed by atoms with Crippen molar-refractivity contribution in [1.82, 2.24) is 5.32 Å². The van der Waals surface area contributed by atoms with Crippen LogP contribution in [0.25, 0.3) is 0 Å². The van der Waals surface area contributed by atoms with Gasteiger partial charge in [-0.05, 0) is 39.3 Å². The lowest BCUT2D eigenvalue weighted by atomic mass is 10.1. The van der Waals surface area contributed by atoms with Gasteiger partial charge in [-0.15, -0.1) is 0 Å². The van der Waals surface area contributed by atoms with E-state index in [-0.39, 0.29) is 30.4 Å². The average Bonchev–Trinajstić information content (AvgIpc) is 2.45. The Bertz CT molecular complexity index is 482. The first-order chi connectivity index (χ1) is 10.4. The van der Waals surface area contributed by atoms with Crippen molar-refractivity contribution in [3.05, 3.63) is 35.4 Å². The van der Waals surface area contributed by atoms with Gasteiger partial charge in [0.1, 0.15) is 0 Å². The zero-order chi connectivity index (χ0) is 16.5. The summed E-state index contributed by atoms with van der Waals surface area (Å²) in [7, 11) is 0. The largest absolute Gasteiger partial charge is 0.463 e. The smallest absolute Gasteiger partial charge is 0.308 e. The monoisotopic (exact) mass is 305 g/mol. The molecule has 0 aliphatic carbocycles. The topological polar surface area (TPSA) is 55.4 Å². The number of unbranched alkanes of at least 4 members (excludes halogenated alkanes) is 1. The molecule has 1 amide bonds. The van der Waals surface area contributed by atoms with E-state index in [0.717, 1.165) is 24.8 Å². The standard InChI is InChI=1S/C18H27NO3/c1-5-6-7-15(4)22-17(20)12-14(3)19-18(21)16-10-8-13(2)9-11-16/h8-11,14-15H,5-7,12H2,1-4H3,(H,19,21). The Morgan fingerprint density at radius 1 is 1.18 bits per heavy atom. The van der Waals surface area contributed by atoms with Crippen LogP contribution in [0.4, 0.5) is 0 Å². The molecule has 0 radical (unpaired) electrons. The SMILES string of the molecule is CCCCC(C)OC(=O)CC(C)NC(=O)c1ccc(C)cc1. The number of benzene rings is 1. The van der Waals surface area contributed by atoms with Crippen LogP contribution in [-0.2, 0) is 9.53 Å². The van der Waals surface area contributed by atoms with E-state index >= 15 is 0 Å². The predicted molar refractivity (Wildman–Crippen MR) is 87.8 cm³/mol. The molecule has 0 aromatic heterocycles. The lowest BCUT2D eigenvalue weighted by Crippen LogP contribution is -2.35. The number of nitrogens with one attached hydrogen (secondary N) is 1. The molecule has 2 atom stereocenters. The second-order valence-electron chi connectivity index (χ2n) is 5.89. The molecule has 0 aliphatic rings. The van der Waals surface area contributed by atoms with Gasteiger partial charge in [-0.2, -0.15) is 0 Å². The Labute approximate surface area is 133 Å². The number of rotatable bonds is 8. The Kier molecular flexibility index (Phi) is 7.64. The summed E-state index contributed by atoms with van der Waals surface area (Å²) in [5.41, 5.74) is 1.70. The van der Waals surface area contributed by atoms with Crippen molar-refractivity contribution in [2.45, 2.75) is 65.5 Å². The third kappa shape index (κ3) is 6.74. The summed E-state index contributed by atoms with van der Waals surface area (Å²) in [5.74, 6) is -0.431. The Balaban J connectivity index is 2.38. The molecule has 0 aliphatic heterocycles. The summed E-state index contributed by atoms with van der Waals surface area (Å²) in [6.45, 7) is 7.80. The third-order valence-electron chi connectivity index (χ3n) is 3.46. The Morgan fingerprint density at radius 2 is 1.82 bits per heavy atom. The first-order valence-corrected chi connectivity index (χ1v) is 7.99. The first-order valence-electron chi connectivity index (χ1n) is 7.99. The number of carbonyl (C=O) groups is 2. The van der Waals surface area contributed by atoms with Crippen LogP contribution in [0.15, 0.2) is 24.3 Å². The molecule has 2 unspecified atom stereocenters. The molecule has 0 heterocycles. The van der Waals surface area contributed by atoms with E-state index in [1.165, 1.54) is 0 Å². The lowest BCUT2D eigenvalue weighted by molar-refractivity contribution is -0.148. The summed E-state index contributed by atoms with van der Waals surface area (Å²) >= 11 is 0. The zero-order valence-corrected chi connectivity index (χ0v) is 14.0. The number of hydrogen-bond acceptors (Lipinski definition) is 3. The highest BCUT2D eigenvalue weighted by Crippen LogP contribution is 2.07. The highest BCUT2D eigenvalue weighted by atomic mass is 16.5. The Hall–Kier alpha value is -1.84. The van der Waals surface area contributed by atoms with Gasteiger partial charge in [-0.25, -0.2) is 0 Å². The maximum atomic E-state index is 12.0. The van der Waals surface area contributed by atoms with Gasteiger partial charge in [-0.1, -0.05) is 37.5 Å². The molecule has 0 bridgehead atoms. The normalized spacial score (nSPS) is 13.3.